The molecule has 2 aromatic rings. The van der Waals surface area contributed by atoms with Crippen LogP contribution in [0.25, 0.3) is 0 Å². The van der Waals surface area contributed by atoms with Gasteiger partial charge in [-0.25, -0.2) is 0 Å². The van der Waals surface area contributed by atoms with Gasteiger partial charge in [-0.15, -0.1) is 5.10 Å². The Labute approximate surface area is 127 Å². The lowest BCUT2D eigenvalue weighted by molar-refractivity contribution is 0.306. The van der Waals surface area contributed by atoms with Gasteiger partial charge in [0.1, 0.15) is 12.4 Å². The van der Waals surface area contributed by atoms with Crippen LogP contribution >= 0.6 is 11.6 Å². The molecule has 21 heavy (non-hydrogen) atoms. The average Bonchev–Trinajstić information content (AvgIpc) is 2.45. The van der Waals surface area contributed by atoms with E-state index < -0.39 is 0 Å². The molecule has 0 amide bonds. The van der Waals surface area contributed by atoms with Crippen molar-refractivity contribution in [2.75, 3.05) is 0 Å². The summed E-state index contributed by atoms with van der Waals surface area (Å²) in [5.74, 6) is 0.642. The van der Waals surface area contributed by atoms with Crippen molar-refractivity contribution in [1.29, 1.82) is 0 Å². The third-order valence-electron chi connectivity index (χ3n) is 2.53. The summed E-state index contributed by atoms with van der Waals surface area (Å²) >= 11 is 5.93. The lowest BCUT2D eigenvalue weighted by Crippen LogP contribution is -2.21. The van der Waals surface area contributed by atoms with E-state index in [4.69, 9.17) is 27.8 Å². The van der Waals surface area contributed by atoms with Gasteiger partial charge in [-0.05, 0) is 35.4 Å². The van der Waals surface area contributed by atoms with Crippen LogP contribution in [0.3, 0.4) is 0 Å². The van der Waals surface area contributed by atoms with Crippen LogP contribution in [-0.4, -0.2) is 12.2 Å². The van der Waals surface area contributed by atoms with E-state index in [-0.39, 0.29) is 5.96 Å². The van der Waals surface area contributed by atoms with E-state index in [9.17, 15) is 0 Å². The minimum atomic E-state index is -0.0837. The zero-order chi connectivity index (χ0) is 15.1. The van der Waals surface area contributed by atoms with E-state index in [1.54, 1.807) is 6.21 Å². The second-order valence-corrected chi connectivity index (χ2v) is 4.70. The number of hydrogen-bond donors (Lipinski definition) is 2. The molecule has 0 spiro atoms. The average molecular weight is 303 g/mol. The Morgan fingerprint density at radius 2 is 1.95 bits per heavy atom. The summed E-state index contributed by atoms with van der Waals surface area (Å²) in [5, 5.41) is 7.98. The lowest BCUT2D eigenvalue weighted by atomic mass is 10.2. The van der Waals surface area contributed by atoms with Crippen molar-refractivity contribution in [2.24, 2.45) is 21.7 Å². The van der Waals surface area contributed by atoms with Crippen LogP contribution in [0.4, 0.5) is 0 Å². The topological polar surface area (TPSA) is 86.0 Å². The van der Waals surface area contributed by atoms with Crippen LogP contribution in [0.15, 0.2) is 58.7 Å². The van der Waals surface area contributed by atoms with Crippen molar-refractivity contribution >= 4 is 23.8 Å². The molecule has 2 rings (SSSR count). The first kappa shape index (κ1) is 14.9. The second-order valence-electron chi connectivity index (χ2n) is 4.26. The van der Waals surface area contributed by atoms with Gasteiger partial charge >= 0.3 is 0 Å². The monoisotopic (exact) mass is 302 g/mol. The molecular weight excluding hydrogens is 288 g/mol. The quantitative estimate of drug-likeness (QED) is 0.505. The number of guanidine groups is 1. The fourth-order valence-corrected chi connectivity index (χ4v) is 1.85. The van der Waals surface area contributed by atoms with E-state index >= 15 is 0 Å². The Bertz CT molecular complexity index is 666. The Morgan fingerprint density at radius 1 is 1.14 bits per heavy atom. The number of halogens is 1. The molecule has 2 aromatic carbocycles. The van der Waals surface area contributed by atoms with Crippen LogP contribution in [0.5, 0.6) is 5.75 Å². The summed E-state index contributed by atoms with van der Waals surface area (Å²) in [4.78, 5) is 0. The van der Waals surface area contributed by atoms with Gasteiger partial charge in [-0.3, -0.25) is 0 Å². The first-order valence-corrected chi connectivity index (χ1v) is 6.60. The molecule has 4 N–H and O–H groups in total. The largest absolute Gasteiger partial charge is 0.489 e. The molecule has 0 radical (unpaired) electrons. The summed E-state index contributed by atoms with van der Waals surface area (Å²) < 4.78 is 5.71. The zero-order valence-corrected chi connectivity index (χ0v) is 12.0. The fraction of sp³-hybridized carbons (Fsp3) is 0.0667. The van der Waals surface area contributed by atoms with Gasteiger partial charge in [0.2, 0.25) is 5.96 Å². The molecular formula is C15H15ClN4O. The number of nitrogens with zero attached hydrogens (tertiary/aromatic N) is 2. The van der Waals surface area contributed by atoms with Crippen LogP contribution in [0.1, 0.15) is 11.1 Å². The van der Waals surface area contributed by atoms with E-state index in [0.29, 0.717) is 11.6 Å². The van der Waals surface area contributed by atoms with Gasteiger partial charge in [-0.1, -0.05) is 35.9 Å². The maximum absolute atomic E-state index is 5.93. The summed E-state index contributed by atoms with van der Waals surface area (Å²) in [6.45, 7) is 0.440. The molecule has 0 bridgehead atoms. The molecule has 5 nitrogen and oxygen atoms in total. The van der Waals surface area contributed by atoms with Crippen LogP contribution in [0, 0.1) is 0 Å². The van der Waals surface area contributed by atoms with E-state index in [1.807, 2.05) is 48.5 Å². The smallest absolute Gasteiger partial charge is 0.211 e. The Morgan fingerprint density at radius 3 is 2.71 bits per heavy atom. The van der Waals surface area contributed by atoms with E-state index in [1.165, 1.54) is 0 Å². The third kappa shape index (κ3) is 5.16. The van der Waals surface area contributed by atoms with Crippen molar-refractivity contribution in [2.45, 2.75) is 6.61 Å². The Balaban J connectivity index is 2.01. The molecule has 6 heteroatoms. The summed E-state index contributed by atoms with van der Waals surface area (Å²) in [7, 11) is 0. The normalized spacial score (nSPS) is 10.5. The zero-order valence-electron chi connectivity index (χ0n) is 11.2. The molecule has 0 saturated heterocycles. The first-order chi connectivity index (χ1) is 10.1. The molecule has 0 saturated carbocycles. The van der Waals surface area contributed by atoms with Gasteiger partial charge in [0, 0.05) is 5.02 Å². The molecule has 0 unspecified atom stereocenters. The third-order valence-corrected chi connectivity index (χ3v) is 2.77. The van der Waals surface area contributed by atoms with Crippen molar-refractivity contribution < 1.29 is 4.74 Å². The molecule has 0 atom stereocenters. The summed E-state index contributed by atoms with van der Waals surface area (Å²) in [6, 6.07) is 15.0. The summed E-state index contributed by atoms with van der Waals surface area (Å²) in [5.41, 5.74) is 12.2. The first-order valence-electron chi connectivity index (χ1n) is 6.23. The van der Waals surface area contributed by atoms with Crippen molar-refractivity contribution in [3.63, 3.8) is 0 Å². The molecule has 0 heterocycles. The van der Waals surface area contributed by atoms with Gasteiger partial charge in [-0.2, -0.15) is 5.10 Å². The SMILES string of the molecule is NC(N)=N/N=C/c1cccc(OCc2cccc(Cl)c2)c1. The molecule has 0 aliphatic carbocycles. The van der Waals surface area contributed by atoms with Gasteiger partial charge < -0.3 is 16.2 Å². The van der Waals surface area contributed by atoms with Crippen LogP contribution < -0.4 is 16.2 Å². The predicted molar refractivity (Wildman–Crippen MR) is 85.6 cm³/mol. The minimum absolute atomic E-state index is 0.0837. The van der Waals surface area contributed by atoms with Crippen molar-refractivity contribution in [1.82, 2.24) is 0 Å². The molecule has 0 aromatic heterocycles. The van der Waals surface area contributed by atoms with E-state index in [2.05, 4.69) is 10.2 Å². The number of nitrogens with two attached hydrogens (primary N) is 2. The Hall–Kier alpha value is -2.53. The highest BCUT2D eigenvalue weighted by atomic mass is 35.5. The molecule has 0 aliphatic rings. The van der Waals surface area contributed by atoms with Crippen LogP contribution in [-0.2, 0) is 6.61 Å². The fourth-order valence-electron chi connectivity index (χ4n) is 1.64. The van der Waals surface area contributed by atoms with Gasteiger partial charge in [0.05, 0.1) is 6.21 Å². The second kappa shape index (κ2) is 7.31. The van der Waals surface area contributed by atoms with E-state index in [0.717, 1.165) is 16.9 Å². The molecule has 108 valence electrons. The van der Waals surface area contributed by atoms with Crippen molar-refractivity contribution in [3.05, 3.63) is 64.7 Å². The standard InChI is InChI=1S/C15H15ClN4O/c16-13-5-1-4-12(7-13)10-21-14-6-2-3-11(8-14)9-19-20-15(17)18/h1-9H,10H2,(H4,17,18,20)/b19-9+. The van der Waals surface area contributed by atoms with Gasteiger partial charge in [0.15, 0.2) is 0 Å². The highest BCUT2D eigenvalue weighted by Gasteiger charge is 1.98. The number of benzene rings is 2. The highest BCUT2D eigenvalue weighted by molar-refractivity contribution is 6.30. The number of rotatable bonds is 5. The maximum atomic E-state index is 5.93. The summed E-state index contributed by atoms with van der Waals surface area (Å²) in [6.07, 6.45) is 1.55. The maximum Gasteiger partial charge on any atom is 0.211 e. The lowest BCUT2D eigenvalue weighted by Gasteiger charge is -2.07. The number of hydrogen-bond acceptors (Lipinski definition) is 3. The van der Waals surface area contributed by atoms with Crippen molar-refractivity contribution in [3.8, 4) is 5.75 Å². The number of ether oxygens (including phenoxy) is 1. The minimum Gasteiger partial charge on any atom is -0.489 e. The Kier molecular flexibility index (Phi) is 5.17. The van der Waals surface area contributed by atoms with Gasteiger partial charge in [0.25, 0.3) is 0 Å². The predicted octanol–water partition coefficient (Wildman–Crippen LogP) is 2.53. The molecule has 0 aliphatic heterocycles. The van der Waals surface area contributed by atoms with Crippen LogP contribution in [0.2, 0.25) is 5.02 Å². The molecule has 0 fully saturated rings. The highest BCUT2D eigenvalue weighted by Crippen LogP contribution is 2.16.